The molecule has 1 aromatic carbocycles. The molecular weight excluding hydrogens is 388 g/mol. The van der Waals surface area contributed by atoms with Crippen LogP contribution in [0.3, 0.4) is 0 Å². The first kappa shape index (κ1) is 23.5. The van der Waals surface area contributed by atoms with Crippen molar-refractivity contribution in [1.29, 1.82) is 0 Å². The summed E-state index contributed by atoms with van der Waals surface area (Å²) in [4.78, 5) is 4.55. The smallest absolute Gasteiger partial charge is 0.213 e. The highest BCUT2D eigenvalue weighted by Gasteiger charge is 2.20. The maximum atomic E-state index is 12.1. The van der Waals surface area contributed by atoms with E-state index < -0.39 is 10.0 Å². The first-order valence-electron chi connectivity index (χ1n) is 10.6. The molecular formula is C21H36N4O3S. The Kier molecular flexibility index (Phi) is 10.3. The van der Waals surface area contributed by atoms with Gasteiger partial charge in [0.25, 0.3) is 0 Å². The van der Waals surface area contributed by atoms with Crippen LogP contribution in [0.4, 0.5) is 0 Å². The Balaban J connectivity index is 1.64. The summed E-state index contributed by atoms with van der Waals surface area (Å²) in [7, 11) is -1.56. The molecule has 0 heterocycles. The second kappa shape index (κ2) is 12.7. The topological polar surface area (TPSA) is 91.8 Å². The molecule has 8 heteroatoms. The number of sulfonamides is 1. The predicted octanol–water partition coefficient (Wildman–Crippen LogP) is 2.29. The lowest BCUT2D eigenvalue weighted by Gasteiger charge is -2.25. The molecule has 0 saturated heterocycles. The molecule has 0 spiro atoms. The van der Waals surface area contributed by atoms with Gasteiger partial charge >= 0.3 is 0 Å². The van der Waals surface area contributed by atoms with E-state index in [-0.39, 0.29) is 5.75 Å². The molecule has 164 valence electrons. The Morgan fingerprint density at radius 1 is 1.17 bits per heavy atom. The van der Waals surface area contributed by atoms with E-state index in [1.807, 2.05) is 19.1 Å². The van der Waals surface area contributed by atoms with Gasteiger partial charge in [-0.3, -0.25) is 4.99 Å². The number of hydrogen-bond acceptors (Lipinski definition) is 4. The van der Waals surface area contributed by atoms with Crippen LogP contribution in [0.15, 0.2) is 29.3 Å². The predicted molar refractivity (Wildman–Crippen MR) is 119 cm³/mol. The van der Waals surface area contributed by atoms with Crippen molar-refractivity contribution in [2.24, 2.45) is 10.9 Å². The van der Waals surface area contributed by atoms with Crippen molar-refractivity contribution in [2.45, 2.75) is 45.4 Å². The second-order valence-electron chi connectivity index (χ2n) is 7.46. The highest BCUT2D eigenvalue weighted by atomic mass is 32.2. The number of aliphatic imine (C=N–C) groups is 1. The van der Waals surface area contributed by atoms with Crippen molar-refractivity contribution in [3.63, 3.8) is 0 Å². The molecule has 1 aliphatic rings. The first-order valence-corrected chi connectivity index (χ1v) is 12.3. The molecule has 2 rings (SSSR count). The van der Waals surface area contributed by atoms with Crippen molar-refractivity contribution in [1.82, 2.24) is 15.4 Å². The Hall–Kier alpha value is -1.80. The molecule has 0 atom stereocenters. The fourth-order valence-corrected chi connectivity index (χ4v) is 4.09. The maximum absolute atomic E-state index is 12.1. The molecule has 1 saturated carbocycles. The fourth-order valence-electron chi connectivity index (χ4n) is 3.08. The molecule has 0 bridgehead atoms. The van der Waals surface area contributed by atoms with Gasteiger partial charge in [-0.05, 0) is 62.6 Å². The quantitative estimate of drug-likeness (QED) is 0.257. The zero-order valence-corrected chi connectivity index (χ0v) is 18.6. The zero-order valence-electron chi connectivity index (χ0n) is 17.7. The minimum Gasteiger partial charge on any atom is -0.497 e. The second-order valence-corrected chi connectivity index (χ2v) is 9.38. The van der Waals surface area contributed by atoms with Gasteiger partial charge in [-0.15, -0.1) is 0 Å². The van der Waals surface area contributed by atoms with E-state index >= 15 is 0 Å². The number of nitrogens with zero attached hydrogens (tertiary/aromatic N) is 1. The van der Waals surface area contributed by atoms with Gasteiger partial charge in [0.05, 0.1) is 12.9 Å². The average Bonchev–Trinajstić information content (AvgIpc) is 2.66. The average molecular weight is 425 g/mol. The minimum absolute atomic E-state index is 0.0571. The van der Waals surface area contributed by atoms with E-state index in [2.05, 4.69) is 32.5 Å². The number of nitrogens with one attached hydrogen (secondary N) is 3. The van der Waals surface area contributed by atoms with Gasteiger partial charge < -0.3 is 15.4 Å². The molecule has 7 nitrogen and oxygen atoms in total. The first-order chi connectivity index (χ1) is 14.0. The standard InChI is InChI=1S/C21H36N4O3S/c1-3-22-21(24-15-16-29(26,27)25-17-19-8-6-9-19)23-14-5-4-7-18-10-12-20(28-2)13-11-18/h10-13,19,25H,3-9,14-17H2,1-2H3,(H2,22,23,24). The number of rotatable bonds is 13. The van der Waals surface area contributed by atoms with Crippen molar-refractivity contribution >= 4 is 16.0 Å². The number of methoxy groups -OCH3 is 1. The van der Waals surface area contributed by atoms with E-state index in [1.165, 1.54) is 12.0 Å². The Morgan fingerprint density at radius 3 is 2.55 bits per heavy atom. The van der Waals surface area contributed by atoms with E-state index in [9.17, 15) is 8.42 Å². The van der Waals surface area contributed by atoms with E-state index in [0.717, 1.165) is 44.4 Å². The van der Waals surface area contributed by atoms with E-state index in [4.69, 9.17) is 4.74 Å². The molecule has 0 amide bonds. The Bertz CT molecular complexity index is 716. The summed E-state index contributed by atoms with van der Waals surface area (Å²) in [5, 5.41) is 6.29. The van der Waals surface area contributed by atoms with Gasteiger partial charge in [0.1, 0.15) is 5.75 Å². The normalized spacial score (nSPS) is 15.0. The number of ether oxygens (including phenoxy) is 1. The number of aryl methyl sites for hydroxylation is 1. The van der Waals surface area contributed by atoms with Crippen molar-refractivity contribution < 1.29 is 13.2 Å². The maximum Gasteiger partial charge on any atom is 0.213 e. The third-order valence-corrected chi connectivity index (χ3v) is 6.47. The SMILES string of the molecule is CCNC(=NCCCCc1ccc(OC)cc1)NCCS(=O)(=O)NCC1CCC1. The molecule has 1 fully saturated rings. The summed E-state index contributed by atoms with van der Waals surface area (Å²) >= 11 is 0. The number of hydrogen-bond donors (Lipinski definition) is 3. The summed E-state index contributed by atoms with van der Waals surface area (Å²) in [5.41, 5.74) is 1.29. The van der Waals surface area contributed by atoms with Crippen LogP contribution in [0, 0.1) is 5.92 Å². The molecule has 1 aliphatic carbocycles. The summed E-state index contributed by atoms with van der Waals surface area (Å²) in [6.45, 7) is 4.36. The van der Waals surface area contributed by atoms with Gasteiger partial charge in [-0.25, -0.2) is 13.1 Å². The molecule has 0 aliphatic heterocycles. The fraction of sp³-hybridized carbons (Fsp3) is 0.667. The minimum atomic E-state index is -3.23. The van der Waals surface area contributed by atoms with Gasteiger partial charge in [0, 0.05) is 26.2 Å². The molecule has 0 aromatic heterocycles. The van der Waals surface area contributed by atoms with Crippen molar-refractivity contribution in [3.05, 3.63) is 29.8 Å². The Morgan fingerprint density at radius 2 is 1.93 bits per heavy atom. The highest BCUT2D eigenvalue weighted by molar-refractivity contribution is 7.89. The van der Waals surface area contributed by atoms with Crippen LogP contribution in [-0.4, -0.2) is 53.4 Å². The molecule has 29 heavy (non-hydrogen) atoms. The zero-order chi connectivity index (χ0) is 21.0. The van der Waals surface area contributed by atoms with Crippen molar-refractivity contribution in [2.75, 3.05) is 39.0 Å². The van der Waals surface area contributed by atoms with Crippen LogP contribution in [0.2, 0.25) is 0 Å². The summed E-state index contributed by atoms with van der Waals surface area (Å²) in [5.74, 6) is 2.13. The van der Waals surface area contributed by atoms with Crippen LogP contribution < -0.4 is 20.1 Å². The lowest BCUT2D eigenvalue weighted by molar-refractivity contribution is 0.316. The molecule has 0 unspecified atom stereocenters. The Labute approximate surface area is 175 Å². The van der Waals surface area contributed by atoms with Gasteiger partial charge in [0.15, 0.2) is 5.96 Å². The number of benzene rings is 1. The van der Waals surface area contributed by atoms with Gasteiger partial charge in [0.2, 0.25) is 10.0 Å². The third kappa shape index (κ3) is 9.49. The van der Waals surface area contributed by atoms with Gasteiger partial charge in [-0.2, -0.15) is 0 Å². The van der Waals surface area contributed by atoms with Crippen LogP contribution in [0.1, 0.15) is 44.6 Å². The third-order valence-electron chi connectivity index (χ3n) is 5.13. The van der Waals surface area contributed by atoms with Gasteiger partial charge in [-0.1, -0.05) is 18.6 Å². The van der Waals surface area contributed by atoms with E-state index in [1.54, 1.807) is 7.11 Å². The van der Waals surface area contributed by atoms with Crippen LogP contribution in [0.5, 0.6) is 5.75 Å². The highest BCUT2D eigenvalue weighted by Crippen LogP contribution is 2.25. The lowest BCUT2D eigenvalue weighted by atomic mass is 9.86. The lowest BCUT2D eigenvalue weighted by Crippen LogP contribution is -2.42. The number of guanidine groups is 1. The molecule has 1 aromatic rings. The van der Waals surface area contributed by atoms with Crippen LogP contribution in [0.25, 0.3) is 0 Å². The number of unbranched alkanes of at least 4 members (excludes halogenated alkanes) is 1. The summed E-state index contributed by atoms with van der Waals surface area (Å²) in [6, 6.07) is 8.14. The molecule has 3 N–H and O–H groups in total. The summed E-state index contributed by atoms with van der Waals surface area (Å²) in [6.07, 6.45) is 6.52. The van der Waals surface area contributed by atoms with Crippen LogP contribution in [-0.2, 0) is 16.4 Å². The molecule has 0 radical (unpaired) electrons. The monoisotopic (exact) mass is 424 g/mol. The van der Waals surface area contributed by atoms with Crippen molar-refractivity contribution in [3.8, 4) is 5.75 Å². The van der Waals surface area contributed by atoms with Crippen LogP contribution >= 0.6 is 0 Å². The van der Waals surface area contributed by atoms with E-state index in [0.29, 0.717) is 31.5 Å². The largest absolute Gasteiger partial charge is 0.497 e. The summed E-state index contributed by atoms with van der Waals surface area (Å²) < 4.78 is 32.0.